The third-order valence-corrected chi connectivity index (χ3v) is 2.03. The number of nitrogens with zero attached hydrogens (tertiary/aromatic N) is 1. The molecule has 80 valence electrons. The molecule has 1 aromatic rings. The van der Waals surface area contributed by atoms with Gasteiger partial charge in [-0.15, -0.1) is 0 Å². The van der Waals surface area contributed by atoms with Gasteiger partial charge in [0.1, 0.15) is 5.75 Å². The molecular formula is C8H7Cl2N3OS. The van der Waals surface area contributed by atoms with Gasteiger partial charge in [0.15, 0.2) is 5.11 Å². The normalized spacial score (nSPS) is 10.5. The van der Waals surface area contributed by atoms with E-state index in [1.165, 1.54) is 18.3 Å². The molecule has 0 aliphatic heterocycles. The van der Waals surface area contributed by atoms with Gasteiger partial charge in [-0.3, -0.25) is 5.43 Å². The maximum atomic E-state index is 9.51. The lowest BCUT2D eigenvalue weighted by Gasteiger charge is -2.02. The van der Waals surface area contributed by atoms with E-state index >= 15 is 0 Å². The zero-order chi connectivity index (χ0) is 11.4. The molecule has 0 spiro atoms. The van der Waals surface area contributed by atoms with Crippen LogP contribution < -0.4 is 11.2 Å². The van der Waals surface area contributed by atoms with E-state index in [1.807, 2.05) is 0 Å². The molecule has 0 fully saturated rings. The van der Waals surface area contributed by atoms with Gasteiger partial charge >= 0.3 is 0 Å². The fourth-order valence-electron chi connectivity index (χ4n) is 0.850. The van der Waals surface area contributed by atoms with Crippen molar-refractivity contribution in [2.24, 2.45) is 10.8 Å². The Labute approximate surface area is 102 Å². The van der Waals surface area contributed by atoms with Gasteiger partial charge in [0.05, 0.1) is 11.2 Å². The average Bonchev–Trinajstić information content (AvgIpc) is 2.12. The zero-order valence-corrected chi connectivity index (χ0v) is 9.70. The highest BCUT2D eigenvalue weighted by Crippen LogP contribution is 2.29. The van der Waals surface area contributed by atoms with E-state index in [-0.39, 0.29) is 15.9 Å². The van der Waals surface area contributed by atoms with Gasteiger partial charge in [0.25, 0.3) is 0 Å². The van der Waals surface area contributed by atoms with Crippen LogP contribution in [0, 0.1) is 0 Å². The summed E-state index contributed by atoms with van der Waals surface area (Å²) in [6.07, 6.45) is 1.31. The highest BCUT2D eigenvalue weighted by atomic mass is 35.5. The number of phenols is 1. The van der Waals surface area contributed by atoms with Crippen LogP contribution in [0.5, 0.6) is 5.75 Å². The van der Waals surface area contributed by atoms with Crippen LogP contribution >= 0.6 is 35.4 Å². The molecule has 0 aromatic heterocycles. The first-order valence-corrected chi connectivity index (χ1v) is 4.93. The largest absolute Gasteiger partial charge is 0.506 e. The van der Waals surface area contributed by atoms with Gasteiger partial charge in [0, 0.05) is 10.6 Å². The minimum absolute atomic E-state index is 0.0267. The maximum absolute atomic E-state index is 9.51. The van der Waals surface area contributed by atoms with Crippen LogP contribution in [0.25, 0.3) is 0 Å². The summed E-state index contributed by atoms with van der Waals surface area (Å²) in [5.41, 5.74) is 7.86. The maximum Gasteiger partial charge on any atom is 0.184 e. The fraction of sp³-hybridized carbons (Fsp3) is 0. The number of hydrazone groups is 1. The summed E-state index contributed by atoms with van der Waals surface area (Å²) in [5.74, 6) is -0.102. The lowest BCUT2D eigenvalue weighted by Crippen LogP contribution is -2.23. The van der Waals surface area contributed by atoms with Crippen molar-refractivity contribution < 1.29 is 5.11 Å². The molecule has 1 aromatic carbocycles. The summed E-state index contributed by atoms with van der Waals surface area (Å²) in [6, 6.07) is 2.93. The molecule has 15 heavy (non-hydrogen) atoms. The first-order chi connectivity index (χ1) is 7.00. The molecule has 0 amide bonds. The fourth-order valence-corrected chi connectivity index (χ4v) is 1.41. The van der Waals surface area contributed by atoms with E-state index in [2.05, 4.69) is 22.7 Å². The monoisotopic (exact) mass is 263 g/mol. The van der Waals surface area contributed by atoms with Crippen LogP contribution in [-0.2, 0) is 0 Å². The molecule has 4 N–H and O–H groups in total. The smallest absolute Gasteiger partial charge is 0.184 e. The van der Waals surface area contributed by atoms with Gasteiger partial charge in [-0.05, 0) is 24.4 Å². The van der Waals surface area contributed by atoms with Gasteiger partial charge in [-0.2, -0.15) is 5.10 Å². The molecule has 0 saturated carbocycles. The third kappa shape index (κ3) is 3.54. The standard InChI is InChI=1S/C8H7Cl2N3OS/c9-5-1-4(3-12-13-8(11)15)7(14)6(10)2-5/h1-3,14H,(H3,11,13,15)/b12-3-. The first-order valence-electron chi connectivity index (χ1n) is 3.77. The van der Waals surface area contributed by atoms with E-state index in [4.69, 9.17) is 28.9 Å². The Morgan fingerprint density at radius 1 is 1.53 bits per heavy atom. The Hall–Kier alpha value is -1.04. The summed E-state index contributed by atoms with van der Waals surface area (Å²) in [6.45, 7) is 0. The molecule has 7 heteroatoms. The van der Waals surface area contributed by atoms with Crippen LogP contribution in [0.15, 0.2) is 17.2 Å². The van der Waals surface area contributed by atoms with E-state index < -0.39 is 0 Å². The Morgan fingerprint density at radius 3 is 2.80 bits per heavy atom. The molecule has 0 atom stereocenters. The van der Waals surface area contributed by atoms with Crippen molar-refractivity contribution in [2.45, 2.75) is 0 Å². The summed E-state index contributed by atoms with van der Waals surface area (Å²) in [5, 5.41) is 13.8. The number of rotatable bonds is 2. The van der Waals surface area contributed by atoms with Crippen molar-refractivity contribution in [3.8, 4) is 5.75 Å². The predicted octanol–water partition coefficient (Wildman–Crippen LogP) is 1.87. The van der Waals surface area contributed by atoms with Crippen LogP contribution in [0.3, 0.4) is 0 Å². The van der Waals surface area contributed by atoms with Crippen LogP contribution in [0.4, 0.5) is 0 Å². The van der Waals surface area contributed by atoms with Crippen LogP contribution in [-0.4, -0.2) is 16.4 Å². The van der Waals surface area contributed by atoms with Crippen molar-refractivity contribution in [3.63, 3.8) is 0 Å². The Bertz CT molecular complexity index is 423. The van der Waals surface area contributed by atoms with Gasteiger partial charge in [-0.25, -0.2) is 0 Å². The second-order valence-corrected chi connectivity index (χ2v) is 3.84. The number of nitrogens with one attached hydrogen (secondary N) is 1. The molecule has 1 rings (SSSR count). The van der Waals surface area contributed by atoms with Crippen LogP contribution in [0.1, 0.15) is 5.56 Å². The number of hydrogen-bond acceptors (Lipinski definition) is 3. The van der Waals surface area contributed by atoms with Crippen molar-refractivity contribution in [3.05, 3.63) is 27.7 Å². The second-order valence-electron chi connectivity index (χ2n) is 2.56. The molecular weight excluding hydrogens is 257 g/mol. The predicted molar refractivity (Wildman–Crippen MR) is 65.6 cm³/mol. The summed E-state index contributed by atoms with van der Waals surface area (Å²) in [7, 11) is 0. The van der Waals surface area contributed by atoms with E-state index in [0.29, 0.717) is 10.6 Å². The Kier molecular flexibility index (Phi) is 4.14. The van der Waals surface area contributed by atoms with Crippen LogP contribution in [0.2, 0.25) is 10.0 Å². The van der Waals surface area contributed by atoms with Gasteiger partial charge < -0.3 is 10.8 Å². The van der Waals surface area contributed by atoms with E-state index in [9.17, 15) is 5.11 Å². The Balaban J connectivity index is 2.94. The molecule has 0 unspecified atom stereocenters. The number of aromatic hydroxyl groups is 1. The number of nitrogens with two attached hydrogens (primary N) is 1. The number of hydrogen-bond donors (Lipinski definition) is 3. The minimum Gasteiger partial charge on any atom is -0.506 e. The van der Waals surface area contributed by atoms with Crippen molar-refractivity contribution in [2.75, 3.05) is 0 Å². The number of phenolic OH excluding ortho intramolecular Hbond substituents is 1. The molecule has 0 heterocycles. The van der Waals surface area contributed by atoms with Crippen molar-refractivity contribution in [1.82, 2.24) is 5.43 Å². The average molecular weight is 264 g/mol. The van der Waals surface area contributed by atoms with Crippen molar-refractivity contribution in [1.29, 1.82) is 0 Å². The van der Waals surface area contributed by atoms with Gasteiger partial charge in [0.2, 0.25) is 0 Å². The Morgan fingerprint density at radius 2 is 2.20 bits per heavy atom. The minimum atomic E-state index is -0.102. The molecule has 0 radical (unpaired) electrons. The number of thiocarbonyl (C=S) groups is 1. The summed E-state index contributed by atoms with van der Waals surface area (Å²) in [4.78, 5) is 0. The number of halogens is 2. The summed E-state index contributed by atoms with van der Waals surface area (Å²) < 4.78 is 0. The third-order valence-electron chi connectivity index (χ3n) is 1.44. The molecule has 4 nitrogen and oxygen atoms in total. The molecule has 0 saturated heterocycles. The highest BCUT2D eigenvalue weighted by molar-refractivity contribution is 7.80. The lowest BCUT2D eigenvalue weighted by atomic mass is 10.2. The van der Waals surface area contributed by atoms with E-state index in [0.717, 1.165) is 0 Å². The lowest BCUT2D eigenvalue weighted by molar-refractivity contribution is 0.474. The molecule has 0 bridgehead atoms. The molecule has 0 aliphatic rings. The van der Waals surface area contributed by atoms with E-state index in [1.54, 1.807) is 0 Å². The first kappa shape index (κ1) is 12.0. The number of benzene rings is 1. The topological polar surface area (TPSA) is 70.6 Å². The highest BCUT2D eigenvalue weighted by Gasteiger charge is 2.05. The summed E-state index contributed by atoms with van der Waals surface area (Å²) >= 11 is 16.0. The zero-order valence-electron chi connectivity index (χ0n) is 7.37. The van der Waals surface area contributed by atoms with Crippen molar-refractivity contribution >= 4 is 46.7 Å². The van der Waals surface area contributed by atoms with Gasteiger partial charge in [-0.1, -0.05) is 23.2 Å². The molecule has 0 aliphatic carbocycles. The SMILES string of the molecule is NC(=S)N/N=C\c1cc(Cl)cc(Cl)c1O. The second kappa shape index (κ2) is 5.16. The quantitative estimate of drug-likeness (QED) is 0.433.